The first-order valence-electron chi connectivity index (χ1n) is 8.59. The van der Waals surface area contributed by atoms with Gasteiger partial charge >= 0.3 is 0 Å². The van der Waals surface area contributed by atoms with Gasteiger partial charge in [0, 0.05) is 24.4 Å². The van der Waals surface area contributed by atoms with Crippen LogP contribution in [-0.4, -0.2) is 40.7 Å². The second kappa shape index (κ2) is 4.97. The quantitative estimate of drug-likeness (QED) is 0.932. The third-order valence-corrected chi connectivity index (χ3v) is 5.79. The summed E-state index contributed by atoms with van der Waals surface area (Å²) in [6.45, 7) is 5.63. The van der Waals surface area contributed by atoms with Crippen molar-refractivity contribution in [3.8, 4) is 5.75 Å². The van der Waals surface area contributed by atoms with Crippen molar-refractivity contribution in [3.05, 3.63) is 29.8 Å². The summed E-state index contributed by atoms with van der Waals surface area (Å²) in [4.78, 5) is 14.3. The summed E-state index contributed by atoms with van der Waals surface area (Å²) >= 11 is 0. The lowest BCUT2D eigenvalue weighted by Crippen LogP contribution is -2.67. The molecular formula is C19H25NO3. The second-order valence-electron chi connectivity index (χ2n) is 8.21. The van der Waals surface area contributed by atoms with Gasteiger partial charge in [-0.15, -0.1) is 0 Å². The minimum atomic E-state index is -0.619. The van der Waals surface area contributed by atoms with Crippen LogP contribution in [0.5, 0.6) is 5.75 Å². The lowest BCUT2D eigenvalue weighted by molar-refractivity contribution is -0.174. The fourth-order valence-corrected chi connectivity index (χ4v) is 4.47. The molecule has 0 radical (unpaired) electrons. The Bertz CT molecular complexity index is 617. The van der Waals surface area contributed by atoms with Crippen molar-refractivity contribution in [2.45, 2.75) is 51.2 Å². The number of amides is 1. The molecular weight excluding hydrogens is 290 g/mol. The van der Waals surface area contributed by atoms with Gasteiger partial charge in [-0.25, -0.2) is 0 Å². The molecule has 1 spiro atoms. The Hall–Kier alpha value is -1.55. The van der Waals surface area contributed by atoms with Crippen LogP contribution in [0.15, 0.2) is 24.3 Å². The molecule has 1 aliphatic heterocycles. The summed E-state index contributed by atoms with van der Waals surface area (Å²) < 4.78 is 6.08. The van der Waals surface area contributed by atoms with Crippen LogP contribution in [-0.2, 0) is 4.79 Å². The van der Waals surface area contributed by atoms with Crippen LogP contribution in [0.2, 0.25) is 0 Å². The zero-order valence-electron chi connectivity index (χ0n) is 13.9. The number of carbonyl (C=O) groups is 1. The first kappa shape index (κ1) is 15.0. The minimum absolute atomic E-state index is 0.0430. The van der Waals surface area contributed by atoms with E-state index in [1.807, 2.05) is 30.0 Å². The summed E-state index contributed by atoms with van der Waals surface area (Å²) in [5.41, 5.74) is 0.858. The summed E-state index contributed by atoms with van der Waals surface area (Å²) in [5, 5.41) is 9.78. The molecule has 2 saturated carbocycles. The van der Waals surface area contributed by atoms with Gasteiger partial charge in [0.25, 0.3) is 0 Å². The van der Waals surface area contributed by atoms with Crippen LogP contribution in [0.25, 0.3) is 0 Å². The Morgan fingerprint density at radius 3 is 2.48 bits per heavy atom. The summed E-state index contributed by atoms with van der Waals surface area (Å²) in [6, 6.07) is 8.13. The first-order chi connectivity index (χ1) is 10.9. The molecule has 4 nitrogen and oxygen atoms in total. The van der Waals surface area contributed by atoms with Crippen molar-refractivity contribution in [3.63, 3.8) is 0 Å². The molecule has 3 aliphatic rings. The smallest absolute Gasteiger partial charge is 0.225 e. The van der Waals surface area contributed by atoms with E-state index in [4.69, 9.17) is 4.74 Å². The molecule has 1 N–H and O–H groups in total. The Morgan fingerprint density at radius 1 is 1.22 bits per heavy atom. The van der Waals surface area contributed by atoms with E-state index in [1.165, 1.54) is 5.56 Å². The SMILES string of the molecule is Cc1ccccc1OC1CC2(C1)CN(C(=O)[C@H]1C[C@@](C)(O)C1)C2. The van der Waals surface area contributed by atoms with Crippen LogP contribution in [0, 0.1) is 18.3 Å². The van der Waals surface area contributed by atoms with Gasteiger partial charge in [0.05, 0.1) is 5.60 Å². The normalized spacial score (nSPS) is 32.0. The van der Waals surface area contributed by atoms with Crippen molar-refractivity contribution in [2.24, 2.45) is 11.3 Å². The van der Waals surface area contributed by atoms with E-state index in [1.54, 1.807) is 0 Å². The van der Waals surface area contributed by atoms with E-state index in [0.29, 0.717) is 18.3 Å². The van der Waals surface area contributed by atoms with Gasteiger partial charge in [-0.1, -0.05) is 18.2 Å². The molecule has 2 aliphatic carbocycles. The highest BCUT2D eigenvalue weighted by Crippen LogP contribution is 2.51. The lowest BCUT2D eigenvalue weighted by atomic mass is 9.61. The van der Waals surface area contributed by atoms with Gasteiger partial charge in [0.15, 0.2) is 0 Å². The number of carbonyl (C=O) groups excluding carboxylic acids is 1. The molecule has 0 atom stereocenters. The zero-order chi connectivity index (χ0) is 16.2. The molecule has 0 unspecified atom stereocenters. The number of hydrogen-bond donors (Lipinski definition) is 1. The van der Waals surface area contributed by atoms with Gasteiger partial charge in [-0.2, -0.15) is 0 Å². The molecule has 1 aromatic carbocycles. The molecule has 124 valence electrons. The zero-order valence-corrected chi connectivity index (χ0v) is 13.9. The average Bonchev–Trinajstić information content (AvgIpc) is 2.38. The van der Waals surface area contributed by atoms with Crippen molar-refractivity contribution < 1.29 is 14.6 Å². The minimum Gasteiger partial charge on any atom is -0.490 e. The molecule has 4 heteroatoms. The van der Waals surface area contributed by atoms with E-state index >= 15 is 0 Å². The number of para-hydroxylation sites is 1. The standard InChI is InChI=1S/C19H25NO3/c1-13-5-3-4-6-16(13)23-15-9-19(10-15)11-20(12-19)17(21)14-7-18(2,22)8-14/h3-6,14-15,22H,7-12H2,1-2H3/t14-,18+. The summed E-state index contributed by atoms with van der Waals surface area (Å²) in [6.07, 6.45) is 3.63. The Kier molecular flexibility index (Phi) is 3.24. The van der Waals surface area contributed by atoms with Gasteiger partial charge < -0.3 is 14.7 Å². The van der Waals surface area contributed by atoms with E-state index in [-0.39, 0.29) is 17.9 Å². The number of ether oxygens (including phenoxy) is 1. The molecule has 1 saturated heterocycles. The third-order valence-electron chi connectivity index (χ3n) is 5.79. The predicted molar refractivity (Wildman–Crippen MR) is 87.2 cm³/mol. The Labute approximate surface area is 137 Å². The highest BCUT2D eigenvalue weighted by molar-refractivity contribution is 5.81. The number of rotatable bonds is 3. The largest absolute Gasteiger partial charge is 0.490 e. The van der Waals surface area contributed by atoms with Gasteiger partial charge in [0.1, 0.15) is 11.9 Å². The van der Waals surface area contributed by atoms with E-state index < -0.39 is 5.60 Å². The molecule has 0 aromatic heterocycles. The molecule has 1 amide bonds. The van der Waals surface area contributed by atoms with Crippen LogP contribution in [0.1, 0.15) is 38.2 Å². The van der Waals surface area contributed by atoms with Crippen molar-refractivity contribution >= 4 is 5.91 Å². The van der Waals surface area contributed by atoms with Gasteiger partial charge in [0.2, 0.25) is 5.91 Å². The number of aliphatic hydroxyl groups is 1. The fourth-order valence-electron chi connectivity index (χ4n) is 4.47. The number of hydrogen-bond acceptors (Lipinski definition) is 3. The maximum Gasteiger partial charge on any atom is 0.225 e. The number of nitrogens with zero attached hydrogens (tertiary/aromatic N) is 1. The van der Waals surface area contributed by atoms with E-state index in [9.17, 15) is 9.90 Å². The van der Waals surface area contributed by atoms with E-state index in [0.717, 1.165) is 31.7 Å². The molecule has 23 heavy (non-hydrogen) atoms. The molecule has 0 bridgehead atoms. The molecule has 1 aromatic rings. The molecule has 4 rings (SSSR count). The lowest BCUT2D eigenvalue weighted by Gasteiger charge is -2.59. The molecule has 1 heterocycles. The fraction of sp³-hybridized carbons (Fsp3) is 0.632. The third kappa shape index (κ3) is 2.63. The second-order valence-corrected chi connectivity index (χ2v) is 8.21. The van der Waals surface area contributed by atoms with Crippen LogP contribution in [0.4, 0.5) is 0 Å². The van der Waals surface area contributed by atoms with E-state index in [2.05, 4.69) is 13.0 Å². The first-order valence-corrected chi connectivity index (χ1v) is 8.59. The average molecular weight is 315 g/mol. The molecule has 3 fully saturated rings. The van der Waals surface area contributed by atoms with Gasteiger partial charge in [-0.3, -0.25) is 4.79 Å². The topological polar surface area (TPSA) is 49.8 Å². The van der Waals surface area contributed by atoms with Crippen molar-refractivity contribution in [1.82, 2.24) is 4.90 Å². The highest BCUT2D eigenvalue weighted by atomic mass is 16.5. The number of likely N-dealkylation sites (tertiary alicyclic amines) is 1. The van der Waals surface area contributed by atoms with Gasteiger partial charge in [-0.05, 0) is 51.2 Å². The summed E-state index contributed by atoms with van der Waals surface area (Å²) in [5.74, 6) is 1.27. The number of benzene rings is 1. The van der Waals surface area contributed by atoms with Crippen molar-refractivity contribution in [1.29, 1.82) is 0 Å². The maximum atomic E-state index is 12.3. The predicted octanol–water partition coefficient (Wildman–Crippen LogP) is 2.53. The highest BCUT2D eigenvalue weighted by Gasteiger charge is 2.56. The Balaban J connectivity index is 1.24. The van der Waals surface area contributed by atoms with Crippen LogP contribution in [0.3, 0.4) is 0 Å². The summed E-state index contributed by atoms with van der Waals surface area (Å²) in [7, 11) is 0. The Morgan fingerprint density at radius 2 is 1.87 bits per heavy atom. The van der Waals surface area contributed by atoms with Crippen molar-refractivity contribution in [2.75, 3.05) is 13.1 Å². The van der Waals surface area contributed by atoms with Crippen LogP contribution < -0.4 is 4.74 Å². The maximum absolute atomic E-state index is 12.3. The van der Waals surface area contributed by atoms with Crippen LogP contribution >= 0.6 is 0 Å². The monoisotopic (exact) mass is 315 g/mol. The number of aryl methyl sites for hydroxylation is 1.